The van der Waals surface area contributed by atoms with Crippen molar-refractivity contribution in [3.63, 3.8) is 0 Å². The van der Waals surface area contributed by atoms with Crippen LogP contribution in [0.25, 0.3) is 0 Å². The lowest BCUT2D eigenvalue weighted by atomic mass is 10.5. The molecule has 0 aliphatic carbocycles. The number of nitrogens with zero attached hydrogens (tertiary/aromatic N) is 1. The Morgan fingerprint density at radius 2 is 1.38 bits per heavy atom. The fraction of sp³-hybridized carbons (Fsp3) is 0. The lowest BCUT2D eigenvalue weighted by Gasteiger charge is -1.70. The van der Waals surface area contributed by atoms with E-state index in [-0.39, 0.29) is 23.4 Å². The molecule has 0 aliphatic heterocycles. The highest BCUT2D eigenvalue weighted by Gasteiger charge is 1.58. The molecule has 0 bridgehead atoms. The van der Waals surface area contributed by atoms with Crippen LogP contribution >= 0.6 is 23.4 Å². The van der Waals surface area contributed by atoms with Gasteiger partial charge in [0.15, 0.2) is 0 Å². The second-order valence-corrected chi connectivity index (χ2v) is 1.02. The van der Waals surface area contributed by atoms with Gasteiger partial charge in [-0.3, -0.25) is 4.98 Å². The lowest BCUT2D eigenvalue weighted by Crippen LogP contribution is -1.58. The summed E-state index contributed by atoms with van der Waals surface area (Å²) in [7, 11) is 0. The minimum Gasteiger partial charge on any atom is -0.265 e. The minimum absolute atomic E-state index is 0. The van der Waals surface area contributed by atoms with Crippen LogP contribution in [0, 0.1) is 0 Å². The Kier molecular flexibility index (Phi) is 9.38. The Morgan fingerprint density at radius 1 is 0.875 bits per heavy atom. The molecule has 0 amide bonds. The van der Waals surface area contributed by atoms with E-state index in [1.807, 2.05) is 18.2 Å². The molecule has 0 saturated carbocycles. The minimum atomic E-state index is 0. The third kappa shape index (κ3) is 4.10. The molecule has 0 aliphatic rings. The van der Waals surface area contributed by atoms with Gasteiger partial charge in [0.25, 0.3) is 0 Å². The number of rotatable bonds is 0. The van der Waals surface area contributed by atoms with E-state index in [1.165, 1.54) is 0 Å². The summed E-state index contributed by atoms with van der Waals surface area (Å²) in [5, 5.41) is 0. The van der Waals surface area contributed by atoms with Crippen LogP contribution in [0.3, 0.4) is 0 Å². The molecule has 0 N–H and O–H groups in total. The van der Waals surface area contributed by atoms with Crippen LogP contribution in [-0.4, -0.2) is 4.98 Å². The van der Waals surface area contributed by atoms with Gasteiger partial charge in [0, 0.05) is 12.4 Å². The topological polar surface area (TPSA) is 12.9 Å². The Bertz CT molecular complexity index is 84.4. The molecule has 0 spiro atoms. The SMILES string of the molecule is P.S.c1ccncc1. The first-order valence-electron chi connectivity index (χ1n) is 1.85. The highest BCUT2D eigenvalue weighted by molar-refractivity contribution is 7.59. The molecular formula is C5H10NPS. The van der Waals surface area contributed by atoms with Gasteiger partial charge < -0.3 is 0 Å². The molecule has 46 valence electrons. The molecule has 0 radical (unpaired) electrons. The van der Waals surface area contributed by atoms with Crippen molar-refractivity contribution >= 4 is 23.4 Å². The fourth-order valence-corrected chi connectivity index (χ4v) is 0.313. The van der Waals surface area contributed by atoms with Crippen molar-refractivity contribution in [3.8, 4) is 0 Å². The van der Waals surface area contributed by atoms with Crippen LogP contribution in [0.4, 0.5) is 0 Å². The van der Waals surface area contributed by atoms with E-state index >= 15 is 0 Å². The van der Waals surface area contributed by atoms with E-state index in [2.05, 4.69) is 4.98 Å². The molecule has 8 heavy (non-hydrogen) atoms. The largest absolute Gasteiger partial charge is 0.265 e. The maximum Gasteiger partial charge on any atom is 0.0267 e. The van der Waals surface area contributed by atoms with Gasteiger partial charge in [-0.05, 0) is 12.1 Å². The van der Waals surface area contributed by atoms with Crippen molar-refractivity contribution in [2.45, 2.75) is 0 Å². The number of hydrogen-bond acceptors (Lipinski definition) is 1. The average molecular weight is 147 g/mol. The van der Waals surface area contributed by atoms with Gasteiger partial charge in [-0.1, -0.05) is 6.07 Å². The lowest BCUT2D eigenvalue weighted by molar-refractivity contribution is 1.33. The first-order valence-corrected chi connectivity index (χ1v) is 1.85. The molecule has 0 aromatic carbocycles. The zero-order valence-electron chi connectivity index (χ0n) is 4.54. The van der Waals surface area contributed by atoms with E-state index < -0.39 is 0 Å². The van der Waals surface area contributed by atoms with Crippen LogP contribution in [0.5, 0.6) is 0 Å². The molecule has 1 aromatic rings. The zero-order chi connectivity index (χ0) is 4.24. The summed E-state index contributed by atoms with van der Waals surface area (Å²) in [6, 6.07) is 5.72. The molecule has 1 aromatic heterocycles. The molecule has 3 heteroatoms. The van der Waals surface area contributed by atoms with Crippen molar-refractivity contribution in [3.05, 3.63) is 30.6 Å². The molecule has 1 heterocycles. The summed E-state index contributed by atoms with van der Waals surface area (Å²) in [5.41, 5.74) is 0. The molecule has 1 nitrogen and oxygen atoms in total. The summed E-state index contributed by atoms with van der Waals surface area (Å²) in [6.07, 6.45) is 3.50. The monoisotopic (exact) mass is 147 g/mol. The highest BCUT2D eigenvalue weighted by atomic mass is 32.1. The van der Waals surface area contributed by atoms with Crippen molar-refractivity contribution in [1.29, 1.82) is 0 Å². The quantitative estimate of drug-likeness (QED) is 0.503. The van der Waals surface area contributed by atoms with Crippen molar-refractivity contribution in [2.75, 3.05) is 0 Å². The third-order valence-corrected chi connectivity index (χ3v) is 0.566. The Hall–Kier alpha value is -0.0700. The predicted molar refractivity (Wildman–Crippen MR) is 45.7 cm³/mol. The van der Waals surface area contributed by atoms with Crippen molar-refractivity contribution in [2.24, 2.45) is 0 Å². The molecule has 0 fully saturated rings. The van der Waals surface area contributed by atoms with E-state index in [0.717, 1.165) is 0 Å². The molecule has 1 unspecified atom stereocenters. The van der Waals surface area contributed by atoms with Crippen LogP contribution in [0.2, 0.25) is 0 Å². The molecular weight excluding hydrogens is 137 g/mol. The third-order valence-electron chi connectivity index (χ3n) is 0.566. The van der Waals surface area contributed by atoms with E-state index in [1.54, 1.807) is 12.4 Å². The maximum absolute atomic E-state index is 3.78. The Balaban J connectivity index is 0. The number of hydrogen-bond donors (Lipinski definition) is 0. The van der Waals surface area contributed by atoms with Gasteiger partial charge in [-0.25, -0.2) is 0 Å². The van der Waals surface area contributed by atoms with Gasteiger partial charge in [0.1, 0.15) is 0 Å². The predicted octanol–water partition coefficient (Wildman–Crippen LogP) is 1.25. The van der Waals surface area contributed by atoms with Gasteiger partial charge >= 0.3 is 0 Å². The zero-order valence-corrected chi connectivity index (χ0v) is 6.96. The van der Waals surface area contributed by atoms with Gasteiger partial charge in [-0.2, -0.15) is 23.4 Å². The normalized spacial score (nSPS) is 6.00. The molecule has 1 rings (SSSR count). The number of pyridine rings is 1. The fourth-order valence-electron chi connectivity index (χ4n) is 0.313. The summed E-state index contributed by atoms with van der Waals surface area (Å²) >= 11 is 0. The van der Waals surface area contributed by atoms with Crippen LogP contribution < -0.4 is 0 Å². The van der Waals surface area contributed by atoms with Crippen molar-refractivity contribution in [1.82, 2.24) is 4.98 Å². The smallest absolute Gasteiger partial charge is 0.0267 e. The van der Waals surface area contributed by atoms with Crippen LogP contribution in [-0.2, 0) is 0 Å². The highest BCUT2D eigenvalue weighted by Crippen LogP contribution is 1.73. The summed E-state index contributed by atoms with van der Waals surface area (Å²) < 4.78 is 0. The van der Waals surface area contributed by atoms with E-state index in [9.17, 15) is 0 Å². The molecule has 1 atom stereocenters. The summed E-state index contributed by atoms with van der Waals surface area (Å²) in [4.78, 5) is 3.78. The summed E-state index contributed by atoms with van der Waals surface area (Å²) in [6.45, 7) is 0. The Morgan fingerprint density at radius 3 is 1.50 bits per heavy atom. The van der Waals surface area contributed by atoms with Crippen molar-refractivity contribution < 1.29 is 0 Å². The maximum atomic E-state index is 3.78. The number of aromatic nitrogens is 1. The first-order chi connectivity index (χ1) is 3.00. The second-order valence-electron chi connectivity index (χ2n) is 1.02. The standard InChI is InChI=1S/C5H5N.H3P.H2S/c1-2-4-6-5-3-1;;/h1-5H;1H3;1H2. The van der Waals surface area contributed by atoms with Gasteiger partial charge in [0.2, 0.25) is 0 Å². The summed E-state index contributed by atoms with van der Waals surface area (Å²) in [5.74, 6) is 0. The van der Waals surface area contributed by atoms with E-state index in [4.69, 9.17) is 0 Å². The Labute approximate surface area is 59.6 Å². The second kappa shape index (κ2) is 6.93. The van der Waals surface area contributed by atoms with Crippen LogP contribution in [0.15, 0.2) is 30.6 Å². The van der Waals surface area contributed by atoms with Gasteiger partial charge in [0.05, 0.1) is 0 Å². The van der Waals surface area contributed by atoms with Crippen LogP contribution in [0.1, 0.15) is 0 Å². The van der Waals surface area contributed by atoms with Gasteiger partial charge in [-0.15, -0.1) is 0 Å². The molecule has 0 saturated heterocycles. The van der Waals surface area contributed by atoms with E-state index in [0.29, 0.717) is 0 Å². The first kappa shape index (κ1) is 10.8. The average Bonchev–Trinajstić information content (AvgIpc) is 1.72.